The lowest BCUT2D eigenvalue weighted by atomic mass is 10.7. The van der Waals surface area contributed by atoms with Crippen LogP contribution in [-0.2, 0) is 14.6 Å². The molecule has 0 aliphatic heterocycles. The van der Waals surface area contributed by atoms with Gasteiger partial charge in [-0.1, -0.05) is 0 Å². The van der Waals surface area contributed by atoms with Gasteiger partial charge in [-0.15, -0.1) is 0 Å². The van der Waals surface area contributed by atoms with E-state index in [0.29, 0.717) is 13.2 Å². The smallest absolute Gasteiger partial charge is 0.171 e. The minimum atomic E-state index is -2.97. The van der Waals surface area contributed by atoms with E-state index < -0.39 is 9.84 Å². The van der Waals surface area contributed by atoms with Crippen molar-refractivity contribution in [3.8, 4) is 0 Å². The predicted octanol–water partition coefficient (Wildman–Crippen LogP) is -1.04. The van der Waals surface area contributed by atoms with Crippen molar-refractivity contribution in [3.63, 3.8) is 0 Å². The summed E-state index contributed by atoms with van der Waals surface area (Å²) >= 11 is 0. The summed E-state index contributed by atoms with van der Waals surface area (Å²) in [6.07, 6.45) is 1.11. The van der Waals surface area contributed by atoms with Crippen molar-refractivity contribution in [1.82, 2.24) is 0 Å². The molecule has 0 saturated heterocycles. The summed E-state index contributed by atoms with van der Waals surface area (Å²) in [5, 5.41) is 0. The van der Waals surface area contributed by atoms with Crippen LogP contribution in [0.3, 0.4) is 0 Å². The van der Waals surface area contributed by atoms with Gasteiger partial charge in [-0.3, -0.25) is 0 Å². The van der Waals surface area contributed by atoms with Gasteiger partial charge in [0.1, 0.15) is 5.94 Å². The Morgan fingerprint density at radius 2 is 2.11 bits per heavy atom. The zero-order valence-corrected chi connectivity index (χ0v) is 6.15. The van der Waals surface area contributed by atoms with Gasteiger partial charge in [-0.25, -0.2) is 8.42 Å². The molecule has 0 aliphatic rings. The molecule has 4 nitrogen and oxygen atoms in total. The number of hydrogen-bond donors (Lipinski definition) is 1. The van der Waals surface area contributed by atoms with E-state index in [1.165, 1.54) is 0 Å². The third-order valence-electron chi connectivity index (χ3n) is 0.560. The first-order valence-corrected chi connectivity index (χ1v) is 4.58. The van der Waals surface area contributed by atoms with Crippen LogP contribution in [-0.4, -0.2) is 33.8 Å². The molecule has 0 aromatic carbocycles. The summed E-state index contributed by atoms with van der Waals surface area (Å²) in [4.78, 5) is 0. The molecule has 0 atom stereocenters. The zero-order chi connectivity index (χ0) is 7.33. The Morgan fingerprint density at radius 3 is 2.44 bits per heavy atom. The van der Waals surface area contributed by atoms with Gasteiger partial charge in [0.25, 0.3) is 0 Å². The lowest BCUT2D eigenvalue weighted by molar-refractivity contribution is 0.185. The first-order chi connectivity index (χ1) is 4.06. The lowest BCUT2D eigenvalue weighted by Crippen LogP contribution is -2.13. The Balaban J connectivity index is 3.30. The third-order valence-corrected chi connectivity index (χ3v) is 1.15. The van der Waals surface area contributed by atoms with Crippen LogP contribution in [0.2, 0.25) is 0 Å². The fourth-order valence-corrected chi connectivity index (χ4v) is 0.714. The van der Waals surface area contributed by atoms with Crippen LogP contribution >= 0.6 is 0 Å². The number of hydrogen-bond acceptors (Lipinski definition) is 4. The van der Waals surface area contributed by atoms with E-state index in [1.807, 2.05) is 0 Å². The van der Waals surface area contributed by atoms with Gasteiger partial charge in [0.2, 0.25) is 0 Å². The first-order valence-electron chi connectivity index (χ1n) is 2.52. The molecular weight excluding hydrogens is 142 g/mol. The van der Waals surface area contributed by atoms with E-state index in [-0.39, 0.29) is 5.94 Å². The van der Waals surface area contributed by atoms with E-state index in [2.05, 4.69) is 4.74 Å². The van der Waals surface area contributed by atoms with Crippen LogP contribution in [0.4, 0.5) is 0 Å². The SMILES string of the molecule is CS(=O)(=O)COCCN. The van der Waals surface area contributed by atoms with E-state index in [4.69, 9.17) is 5.73 Å². The maximum absolute atomic E-state index is 10.3. The van der Waals surface area contributed by atoms with Gasteiger partial charge in [-0.05, 0) is 0 Å². The molecule has 0 aromatic rings. The second-order valence-corrected chi connectivity index (χ2v) is 3.83. The van der Waals surface area contributed by atoms with Gasteiger partial charge in [0, 0.05) is 12.8 Å². The van der Waals surface area contributed by atoms with Gasteiger partial charge in [0.15, 0.2) is 9.84 Å². The minimum absolute atomic E-state index is 0.232. The van der Waals surface area contributed by atoms with Crippen LogP contribution < -0.4 is 5.73 Å². The summed E-state index contributed by atoms with van der Waals surface area (Å²) in [5.74, 6) is -0.232. The van der Waals surface area contributed by atoms with Crippen molar-refractivity contribution < 1.29 is 13.2 Å². The van der Waals surface area contributed by atoms with E-state index in [0.717, 1.165) is 6.26 Å². The van der Waals surface area contributed by atoms with Crippen molar-refractivity contribution in [2.45, 2.75) is 0 Å². The fourth-order valence-electron chi connectivity index (χ4n) is 0.294. The minimum Gasteiger partial charge on any atom is -0.364 e. The summed E-state index contributed by atoms with van der Waals surface area (Å²) < 4.78 is 25.3. The summed E-state index contributed by atoms with van der Waals surface area (Å²) in [5.41, 5.74) is 5.04. The Morgan fingerprint density at radius 1 is 1.56 bits per heavy atom. The second kappa shape index (κ2) is 3.81. The molecule has 0 fully saturated rings. The molecule has 0 spiro atoms. The van der Waals surface area contributed by atoms with E-state index >= 15 is 0 Å². The predicted molar refractivity (Wildman–Crippen MR) is 34.7 cm³/mol. The van der Waals surface area contributed by atoms with Crippen LogP contribution in [0.1, 0.15) is 0 Å². The maximum Gasteiger partial charge on any atom is 0.171 e. The number of rotatable bonds is 4. The van der Waals surface area contributed by atoms with E-state index in [9.17, 15) is 8.42 Å². The van der Waals surface area contributed by atoms with Gasteiger partial charge < -0.3 is 10.5 Å². The highest BCUT2D eigenvalue weighted by Crippen LogP contribution is 1.82. The standard InChI is InChI=1S/C4H11NO3S/c1-9(6,7)4-8-3-2-5/h2-5H2,1H3. The van der Waals surface area contributed by atoms with Crippen LogP contribution in [0.15, 0.2) is 0 Å². The molecule has 0 amide bonds. The molecule has 0 heterocycles. The van der Waals surface area contributed by atoms with Crippen LogP contribution in [0.25, 0.3) is 0 Å². The Kier molecular flexibility index (Phi) is 3.76. The molecule has 0 aromatic heterocycles. The second-order valence-electron chi connectivity index (χ2n) is 1.74. The number of sulfone groups is 1. The van der Waals surface area contributed by atoms with Crippen LogP contribution in [0.5, 0.6) is 0 Å². The Labute approximate surface area is 54.9 Å². The van der Waals surface area contributed by atoms with Crippen molar-refractivity contribution in [3.05, 3.63) is 0 Å². The highest BCUT2D eigenvalue weighted by atomic mass is 32.2. The summed E-state index contributed by atoms with van der Waals surface area (Å²) in [7, 11) is -2.97. The molecule has 0 unspecified atom stereocenters. The quantitative estimate of drug-likeness (QED) is 0.524. The average molecular weight is 153 g/mol. The third kappa shape index (κ3) is 7.87. The number of nitrogens with two attached hydrogens (primary N) is 1. The molecule has 9 heavy (non-hydrogen) atoms. The zero-order valence-electron chi connectivity index (χ0n) is 5.33. The maximum atomic E-state index is 10.3. The van der Waals surface area contributed by atoms with Gasteiger partial charge in [0.05, 0.1) is 6.61 Å². The molecule has 5 heteroatoms. The normalized spacial score (nSPS) is 11.8. The Hall–Kier alpha value is -0.130. The first kappa shape index (κ1) is 8.87. The Bertz CT molecular complexity index is 151. The molecule has 0 rings (SSSR count). The van der Waals surface area contributed by atoms with E-state index in [1.54, 1.807) is 0 Å². The monoisotopic (exact) mass is 153 g/mol. The highest BCUT2D eigenvalue weighted by Gasteiger charge is 1.98. The van der Waals surface area contributed by atoms with Crippen molar-refractivity contribution >= 4 is 9.84 Å². The molecule has 0 aliphatic carbocycles. The number of ether oxygens (including phenoxy) is 1. The molecular formula is C4H11NO3S. The van der Waals surface area contributed by atoms with Crippen molar-refractivity contribution in [2.24, 2.45) is 5.73 Å². The molecule has 0 radical (unpaired) electrons. The van der Waals surface area contributed by atoms with Crippen LogP contribution in [0, 0.1) is 0 Å². The summed E-state index contributed by atoms with van der Waals surface area (Å²) in [6.45, 7) is 0.655. The topological polar surface area (TPSA) is 69.4 Å². The largest absolute Gasteiger partial charge is 0.364 e. The van der Waals surface area contributed by atoms with Gasteiger partial charge in [-0.2, -0.15) is 0 Å². The highest BCUT2D eigenvalue weighted by molar-refractivity contribution is 7.90. The average Bonchev–Trinajstić information content (AvgIpc) is 1.63. The molecule has 56 valence electrons. The van der Waals surface area contributed by atoms with Crippen molar-refractivity contribution in [1.29, 1.82) is 0 Å². The molecule has 0 saturated carbocycles. The molecule has 0 bridgehead atoms. The molecule has 2 N–H and O–H groups in total. The van der Waals surface area contributed by atoms with Gasteiger partial charge >= 0.3 is 0 Å². The summed E-state index contributed by atoms with van der Waals surface area (Å²) in [6, 6.07) is 0. The lowest BCUT2D eigenvalue weighted by Gasteiger charge is -1.97. The van der Waals surface area contributed by atoms with Crippen molar-refractivity contribution in [2.75, 3.05) is 25.3 Å². The fraction of sp³-hybridized carbons (Fsp3) is 1.00.